The maximum absolute atomic E-state index is 12.7. The third-order valence-corrected chi connectivity index (χ3v) is 6.61. The quantitative estimate of drug-likeness (QED) is 0.526. The van der Waals surface area contributed by atoms with Gasteiger partial charge >= 0.3 is 0 Å². The normalized spacial score (nSPS) is 17.5. The Hall–Kier alpha value is -2.20. The average molecular weight is 398 g/mol. The number of nitrogens with one attached hydrogen (secondary N) is 1. The third-order valence-electron chi connectivity index (χ3n) is 5.31. The van der Waals surface area contributed by atoms with Gasteiger partial charge in [-0.1, -0.05) is 0 Å². The zero-order valence-corrected chi connectivity index (χ0v) is 17.1. The molecule has 9 nitrogen and oxygen atoms in total. The number of primary amides is 1. The Labute approximate surface area is 158 Å². The molecule has 0 saturated carbocycles. The molecule has 0 unspecified atom stereocenters. The number of ketones is 1. The Morgan fingerprint density at radius 3 is 2.07 bits per heavy atom. The molecular weight excluding hydrogens is 372 g/mol. The minimum absolute atomic E-state index is 0.121. The standard InChI is InChI=1S/C17H26N4O5S/c1-10-12(15(18)23)11(2)20(4)13(10)14(22)16(24)19-17(3)6-8-21(9-7-17)27(5,25)26/h6-9H2,1-5H3,(H2,18,23)(H,19,24). The van der Waals surface area contributed by atoms with Gasteiger partial charge in [-0.15, -0.1) is 0 Å². The SMILES string of the molecule is Cc1c(C(N)=O)c(C)n(C)c1C(=O)C(=O)NC1(C)CCN(S(C)(=O)=O)CC1. The molecule has 2 heterocycles. The number of nitrogens with two attached hydrogens (primary N) is 1. The second-order valence-electron chi connectivity index (χ2n) is 7.36. The summed E-state index contributed by atoms with van der Waals surface area (Å²) < 4.78 is 26.1. The molecule has 150 valence electrons. The molecule has 10 heteroatoms. The van der Waals surface area contributed by atoms with Gasteiger partial charge in [0.05, 0.1) is 17.5 Å². The summed E-state index contributed by atoms with van der Waals surface area (Å²) in [5, 5.41) is 2.74. The van der Waals surface area contributed by atoms with Crippen molar-refractivity contribution in [1.29, 1.82) is 0 Å². The summed E-state index contributed by atoms with van der Waals surface area (Å²) in [6.45, 7) is 5.58. The molecular formula is C17H26N4O5S. The van der Waals surface area contributed by atoms with Gasteiger partial charge in [0.2, 0.25) is 10.0 Å². The van der Waals surface area contributed by atoms with Crippen LogP contribution in [0.2, 0.25) is 0 Å². The maximum Gasteiger partial charge on any atom is 0.294 e. The van der Waals surface area contributed by atoms with Crippen LogP contribution in [0.1, 0.15) is 51.9 Å². The molecule has 1 aliphatic rings. The monoisotopic (exact) mass is 398 g/mol. The number of sulfonamides is 1. The van der Waals surface area contributed by atoms with E-state index >= 15 is 0 Å². The van der Waals surface area contributed by atoms with E-state index < -0.39 is 33.2 Å². The van der Waals surface area contributed by atoms with Crippen LogP contribution in [0.3, 0.4) is 0 Å². The minimum atomic E-state index is -3.28. The Balaban J connectivity index is 2.19. The molecule has 0 bridgehead atoms. The van der Waals surface area contributed by atoms with Crippen LogP contribution in [-0.4, -0.2) is 59.8 Å². The summed E-state index contributed by atoms with van der Waals surface area (Å²) in [7, 11) is -1.68. The second-order valence-corrected chi connectivity index (χ2v) is 9.35. The van der Waals surface area contributed by atoms with Gasteiger partial charge < -0.3 is 15.6 Å². The number of aromatic nitrogens is 1. The van der Waals surface area contributed by atoms with Gasteiger partial charge in [0, 0.05) is 31.4 Å². The van der Waals surface area contributed by atoms with Crippen LogP contribution in [0, 0.1) is 13.8 Å². The first-order valence-electron chi connectivity index (χ1n) is 8.56. The van der Waals surface area contributed by atoms with Crippen molar-refractivity contribution < 1.29 is 22.8 Å². The molecule has 1 aromatic heterocycles. The van der Waals surface area contributed by atoms with Crippen molar-refractivity contribution in [3.63, 3.8) is 0 Å². The molecule has 27 heavy (non-hydrogen) atoms. The summed E-state index contributed by atoms with van der Waals surface area (Å²) >= 11 is 0. The lowest BCUT2D eigenvalue weighted by molar-refractivity contribution is -0.119. The van der Waals surface area contributed by atoms with E-state index in [4.69, 9.17) is 5.73 Å². The highest BCUT2D eigenvalue weighted by Gasteiger charge is 2.37. The van der Waals surface area contributed by atoms with E-state index in [-0.39, 0.29) is 24.3 Å². The molecule has 2 rings (SSSR count). The van der Waals surface area contributed by atoms with Crippen LogP contribution < -0.4 is 11.1 Å². The number of Topliss-reactive ketones (excluding diaryl/α,β-unsaturated/α-hetero) is 1. The number of carbonyl (C=O) groups is 3. The highest BCUT2D eigenvalue weighted by molar-refractivity contribution is 7.88. The van der Waals surface area contributed by atoms with E-state index in [1.807, 2.05) is 0 Å². The third kappa shape index (κ3) is 4.06. The van der Waals surface area contributed by atoms with E-state index in [1.54, 1.807) is 27.8 Å². The zero-order chi connectivity index (χ0) is 20.7. The van der Waals surface area contributed by atoms with Crippen LogP contribution in [0.5, 0.6) is 0 Å². The Kier molecular flexibility index (Phi) is 5.53. The lowest BCUT2D eigenvalue weighted by atomic mass is 9.90. The summed E-state index contributed by atoms with van der Waals surface area (Å²) in [5.41, 5.74) is 5.94. The van der Waals surface area contributed by atoms with Crippen molar-refractivity contribution in [2.45, 2.75) is 39.2 Å². The summed E-state index contributed by atoms with van der Waals surface area (Å²) in [6.07, 6.45) is 1.95. The number of piperidine rings is 1. The number of nitrogens with zero attached hydrogens (tertiary/aromatic N) is 2. The van der Waals surface area contributed by atoms with Gasteiger partial charge in [-0.05, 0) is 39.2 Å². The van der Waals surface area contributed by atoms with Crippen molar-refractivity contribution in [1.82, 2.24) is 14.2 Å². The van der Waals surface area contributed by atoms with Crippen molar-refractivity contribution in [2.75, 3.05) is 19.3 Å². The van der Waals surface area contributed by atoms with Gasteiger partial charge in [-0.3, -0.25) is 14.4 Å². The Bertz CT molecular complexity index is 908. The average Bonchev–Trinajstić information content (AvgIpc) is 2.75. The first-order valence-corrected chi connectivity index (χ1v) is 10.4. The summed E-state index contributed by atoms with van der Waals surface area (Å²) in [5.74, 6) is -2.19. The number of hydrogen-bond acceptors (Lipinski definition) is 5. The predicted octanol–water partition coefficient (Wildman–Crippen LogP) is -0.146. The number of hydrogen-bond donors (Lipinski definition) is 2. The van der Waals surface area contributed by atoms with Crippen LogP contribution >= 0.6 is 0 Å². The Morgan fingerprint density at radius 2 is 1.67 bits per heavy atom. The zero-order valence-electron chi connectivity index (χ0n) is 16.2. The molecule has 0 aliphatic carbocycles. The van der Waals surface area contributed by atoms with E-state index in [9.17, 15) is 22.8 Å². The molecule has 2 amide bonds. The molecule has 1 fully saturated rings. The molecule has 1 aromatic rings. The number of carbonyl (C=O) groups excluding carboxylic acids is 3. The van der Waals surface area contributed by atoms with Crippen LogP contribution in [0.4, 0.5) is 0 Å². The Morgan fingerprint density at radius 1 is 1.15 bits per heavy atom. The van der Waals surface area contributed by atoms with E-state index in [1.165, 1.54) is 8.87 Å². The summed E-state index contributed by atoms with van der Waals surface area (Å²) in [6, 6.07) is 0. The molecule has 1 aliphatic heterocycles. The van der Waals surface area contributed by atoms with E-state index in [2.05, 4.69) is 5.32 Å². The van der Waals surface area contributed by atoms with Gasteiger partial charge in [-0.25, -0.2) is 12.7 Å². The van der Waals surface area contributed by atoms with Crippen molar-refractivity contribution in [3.05, 3.63) is 22.5 Å². The van der Waals surface area contributed by atoms with Gasteiger partial charge in [-0.2, -0.15) is 0 Å². The van der Waals surface area contributed by atoms with Crippen molar-refractivity contribution in [2.24, 2.45) is 12.8 Å². The smallest absolute Gasteiger partial charge is 0.294 e. The lowest BCUT2D eigenvalue weighted by Gasteiger charge is -2.38. The minimum Gasteiger partial charge on any atom is -0.366 e. The molecule has 1 saturated heterocycles. The van der Waals surface area contributed by atoms with Crippen molar-refractivity contribution in [3.8, 4) is 0 Å². The van der Waals surface area contributed by atoms with Crippen LogP contribution in [0.25, 0.3) is 0 Å². The fourth-order valence-corrected chi connectivity index (χ4v) is 4.38. The van der Waals surface area contributed by atoms with Crippen LogP contribution in [-0.2, 0) is 21.9 Å². The molecule has 0 atom stereocenters. The number of amides is 2. The van der Waals surface area contributed by atoms with E-state index in [0.29, 0.717) is 24.1 Å². The molecule has 0 aromatic carbocycles. The highest BCUT2D eigenvalue weighted by Crippen LogP contribution is 2.25. The topological polar surface area (TPSA) is 132 Å². The van der Waals surface area contributed by atoms with Gasteiger partial charge in [0.1, 0.15) is 0 Å². The molecule has 0 radical (unpaired) electrons. The fraction of sp³-hybridized carbons (Fsp3) is 0.588. The fourth-order valence-electron chi connectivity index (χ4n) is 3.54. The van der Waals surface area contributed by atoms with Crippen LogP contribution in [0.15, 0.2) is 0 Å². The molecule has 3 N–H and O–H groups in total. The predicted molar refractivity (Wildman–Crippen MR) is 99.9 cm³/mol. The van der Waals surface area contributed by atoms with Crippen molar-refractivity contribution >= 4 is 27.6 Å². The van der Waals surface area contributed by atoms with Gasteiger partial charge in [0.15, 0.2) is 0 Å². The highest BCUT2D eigenvalue weighted by atomic mass is 32.2. The number of rotatable bonds is 5. The first-order chi connectivity index (χ1) is 12.3. The summed E-state index contributed by atoms with van der Waals surface area (Å²) in [4.78, 5) is 36.9. The molecule has 0 spiro atoms. The van der Waals surface area contributed by atoms with Gasteiger partial charge in [0.25, 0.3) is 17.6 Å². The maximum atomic E-state index is 12.7. The second kappa shape index (κ2) is 7.08. The lowest BCUT2D eigenvalue weighted by Crippen LogP contribution is -2.55. The van der Waals surface area contributed by atoms with E-state index in [0.717, 1.165) is 6.26 Å². The first kappa shape index (κ1) is 21.1. The largest absolute Gasteiger partial charge is 0.366 e.